The molecular formula is C28H24Cl2F2N8O2. The summed E-state index contributed by atoms with van der Waals surface area (Å²) in [5.74, 6) is 0.492. The molecule has 4 aromatic rings. The van der Waals surface area contributed by atoms with Gasteiger partial charge in [0.25, 0.3) is 0 Å². The summed E-state index contributed by atoms with van der Waals surface area (Å²) in [6.07, 6.45) is 4.61. The lowest BCUT2D eigenvalue weighted by atomic mass is 10.1. The zero-order chi connectivity index (χ0) is 29.1. The molecule has 0 radical (unpaired) electrons. The van der Waals surface area contributed by atoms with Gasteiger partial charge in [-0.2, -0.15) is 0 Å². The highest BCUT2D eigenvalue weighted by Crippen LogP contribution is 2.43. The van der Waals surface area contributed by atoms with Crippen molar-refractivity contribution in [2.24, 2.45) is 11.8 Å². The molecule has 0 aromatic carbocycles. The van der Waals surface area contributed by atoms with E-state index in [1.165, 1.54) is 9.36 Å². The van der Waals surface area contributed by atoms with Crippen LogP contribution in [0.3, 0.4) is 0 Å². The fourth-order valence-electron chi connectivity index (χ4n) is 5.37. The van der Waals surface area contributed by atoms with Crippen LogP contribution in [0.4, 0.5) is 8.78 Å². The minimum absolute atomic E-state index is 0.0167. The minimum Gasteiger partial charge on any atom is -0.290 e. The summed E-state index contributed by atoms with van der Waals surface area (Å²) in [6, 6.07) is 6.05. The van der Waals surface area contributed by atoms with E-state index in [4.69, 9.17) is 23.2 Å². The van der Waals surface area contributed by atoms with Crippen LogP contribution in [0.2, 0.25) is 10.0 Å². The lowest BCUT2D eigenvalue weighted by molar-refractivity contribution is 0.0949. The molecule has 14 heteroatoms. The Morgan fingerprint density at radius 3 is 1.48 bits per heavy atom. The van der Waals surface area contributed by atoms with Crippen LogP contribution in [0.5, 0.6) is 0 Å². The van der Waals surface area contributed by atoms with Gasteiger partial charge in [-0.05, 0) is 49.9 Å². The van der Waals surface area contributed by atoms with Gasteiger partial charge in [0.15, 0.2) is 24.0 Å². The molecule has 6 heterocycles. The van der Waals surface area contributed by atoms with E-state index < -0.39 is 24.4 Å². The van der Waals surface area contributed by atoms with E-state index in [1.54, 1.807) is 36.7 Å². The summed E-state index contributed by atoms with van der Waals surface area (Å²) < 4.78 is 31.3. The van der Waals surface area contributed by atoms with Crippen molar-refractivity contribution in [3.05, 3.63) is 81.4 Å². The molecule has 2 aliphatic heterocycles. The van der Waals surface area contributed by atoms with E-state index in [-0.39, 0.29) is 59.5 Å². The Balaban J connectivity index is 0.000000137. The summed E-state index contributed by atoms with van der Waals surface area (Å²) in [7, 11) is 0. The van der Waals surface area contributed by atoms with E-state index >= 15 is 0 Å². The fraction of sp³-hybridized carbons (Fsp3) is 0.429. The molecule has 2 aliphatic carbocycles. The number of alkyl halides is 2. The first-order chi connectivity index (χ1) is 20.3. The summed E-state index contributed by atoms with van der Waals surface area (Å²) in [4.78, 5) is 40.7. The molecule has 216 valence electrons. The number of carbonyl (C=O) groups is 2. The number of aromatic nitrogens is 8. The highest BCUT2D eigenvalue weighted by atomic mass is 35.5. The van der Waals surface area contributed by atoms with Crippen LogP contribution >= 0.6 is 23.2 Å². The standard InChI is InChI=1S/2C14H12ClFN4O/c2*15-8-2-1-5-17-11(8)10-6-9(16)14-18-13(19-20(10)14)12(21)7-3-4-7/h2*1-2,5,7,9-10H,3-4,6H2/t2*9-,10-/m00/s1. The van der Waals surface area contributed by atoms with Crippen molar-refractivity contribution in [1.29, 1.82) is 0 Å². The number of hydrogen-bond donors (Lipinski definition) is 0. The van der Waals surface area contributed by atoms with Crippen molar-refractivity contribution >= 4 is 34.8 Å². The van der Waals surface area contributed by atoms with Crippen LogP contribution in [0.1, 0.15) is 107 Å². The average molecular weight is 613 g/mol. The highest BCUT2D eigenvalue weighted by molar-refractivity contribution is 6.31. The van der Waals surface area contributed by atoms with Crippen LogP contribution < -0.4 is 0 Å². The molecule has 2 saturated carbocycles. The van der Waals surface area contributed by atoms with E-state index in [2.05, 4.69) is 30.1 Å². The van der Waals surface area contributed by atoms with Gasteiger partial charge in [-0.1, -0.05) is 23.2 Å². The molecular weight excluding hydrogens is 589 g/mol. The first-order valence-corrected chi connectivity index (χ1v) is 14.6. The van der Waals surface area contributed by atoms with Crippen molar-refractivity contribution in [2.75, 3.05) is 0 Å². The van der Waals surface area contributed by atoms with Gasteiger partial charge in [-0.25, -0.2) is 28.1 Å². The summed E-state index contributed by atoms with van der Waals surface area (Å²) in [6.45, 7) is 0. The van der Waals surface area contributed by atoms with E-state index in [9.17, 15) is 18.4 Å². The molecule has 4 atom stereocenters. The molecule has 0 saturated heterocycles. The maximum absolute atomic E-state index is 14.2. The largest absolute Gasteiger partial charge is 0.290 e. The third-order valence-electron chi connectivity index (χ3n) is 7.87. The molecule has 0 bridgehead atoms. The topological polar surface area (TPSA) is 121 Å². The average Bonchev–Trinajstić information content (AvgIpc) is 3.87. The smallest absolute Gasteiger partial charge is 0.217 e. The zero-order valence-electron chi connectivity index (χ0n) is 22.1. The van der Waals surface area contributed by atoms with Crippen LogP contribution in [0, 0.1) is 11.8 Å². The Labute approximate surface area is 248 Å². The van der Waals surface area contributed by atoms with Gasteiger partial charge in [0.2, 0.25) is 23.2 Å². The minimum atomic E-state index is -1.25. The molecule has 4 aliphatic rings. The summed E-state index contributed by atoms with van der Waals surface area (Å²) in [5, 5.41) is 9.37. The fourth-order valence-corrected chi connectivity index (χ4v) is 5.86. The van der Waals surface area contributed by atoms with Crippen molar-refractivity contribution < 1.29 is 18.4 Å². The number of halogens is 4. The molecule has 2 fully saturated rings. The van der Waals surface area contributed by atoms with Gasteiger partial charge in [0, 0.05) is 37.1 Å². The van der Waals surface area contributed by atoms with Gasteiger partial charge in [-0.15, -0.1) is 10.2 Å². The molecule has 42 heavy (non-hydrogen) atoms. The molecule has 0 spiro atoms. The van der Waals surface area contributed by atoms with Crippen LogP contribution in [-0.2, 0) is 0 Å². The maximum Gasteiger partial charge on any atom is 0.217 e. The number of hydrogen-bond acceptors (Lipinski definition) is 8. The van der Waals surface area contributed by atoms with E-state index in [0.717, 1.165) is 25.7 Å². The van der Waals surface area contributed by atoms with Gasteiger partial charge < -0.3 is 0 Å². The van der Waals surface area contributed by atoms with Gasteiger partial charge in [-0.3, -0.25) is 19.6 Å². The number of pyridine rings is 2. The number of fused-ring (bicyclic) bond motifs is 2. The maximum atomic E-state index is 14.2. The summed E-state index contributed by atoms with van der Waals surface area (Å²) in [5.41, 5.74) is 1.13. The van der Waals surface area contributed by atoms with Gasteiger partial charge in [0.1, 0.15) is 12.1 Å². The van der Waals surface area contributed by atoms with Crippen molar-refractivity contribution in [3.63, 3.8) is 0 Å². The van der Waals surface area contributed by atoms with Gasteiger partial charge >= 0.3 is 0 Å². The Hall–Kier alpha value is -3.64. The van der Waals surface area contributed by atoms with Crippen LogP contribution in [0.25, 0.3) is 0 Å². The quantitative estimate of drug-likeness (QED) is 0.249. The molecule has 0 N–H and O–H groups in total. The molecule has 10 nitrogen and oxygen atoms in total. The highest BCUT2D eigenvalue weighted by Gasteiger charge is 2.41. The molecule has 0 unspecified atom stereocenters. The predicted molar refractivity (Wildman–Crippen MR) is 146 cm³/mol. The second kappa shape index (κ2) is 10.6. The first-order valence-electron chi connectivity index (χ1n) is 13.8. The number of carbonyl (C=O) groups excluding carboxylic acids is 2. The second-order valence-electron chi connectivity index (χ2n) is 10.9. The van der Waals surface area contributed by atoms with Gasteiger partial charge in [0.05, 0.1) is 21.4 Å². The first kappa shape index (κ1) is 27.2. The lowest BCUT2D eigenvalue weighted by Gasteiger charge is -2.11. The summed E-state index contributed by atoms with van der Waals surface area (Å²) >= 11 is 12.3. The van der Waals surface area contributed by atoms with Crippen molar-refractivity contribution in [3.8, 4) is 0 Å². The molecule has 8 rings (SSSR count). The Bertz CT molecular complexity index is 1580. The number of nitrogens with zero attached hydrogens (tertiary/aromatic N) is 8. The Morgan fingerprint density at radius 1 is 0.714 bits per heavy atom. The van der Waals surface area contributed by atoms with Crippen molar-refractivity contribution in [1.82, 2.24) is 39.5 Å². The SMILES string of the molecule is O=C(c1nc2n(n1)[C@H](c1ncccc1Cl)C[C@@H]2F)C1CC1.O=C(c1nc2n(n1)[C@H](c1ncccc1Cl)C[C@@H]2F)C1CC1. The number of rotatable bonds is 6. The van der Waals surface area contributed by atoms with Crippen LogP contribution in [-0.4, -0.2) is 51.1 Å². The van der Waals surface area contributed by atoms with Crippen molar-refractivity contribution in [2.45, 2.75) is 63.0 Å². The Kier molecular flexibility index (Phi) is 6.85. The van der Waals surface area contributed by atoms with E-state index in [1.807, 2.05) is 0 Å². The third kappa shape index (κ3) is 4.90. The third-order valence-corrected chi connectivity index (χ3v) is 8.51. The number of ketones is 2. The predicted octanol–water partition coefficient (Wildman–Crippen LogP) is 5.85. The lowest BCUT2D eigenvalue weighted by Crippen LogP contribution is -2.12. The van der Waals surface area contributed by atoms with Crippen LogP contribution in [0.15, 0.2) is 36.7 Å². The number of Topliss-reactive ketones (excluding diaryl/α,β-unsaturated/α-hetero) is 2. The normalized spacial score (nSPS) is 24.1. The second-order valence-corrected chi connectivity index (χ2v) is 11.7. The Morgan fingerprint density at radius 2 is 1.12 bits per heavy atom. The van der Waals surface area contributed by atoms with E-state index in [0.29, 0.717) is 21.4 Å². The molecule has 4 aromatic heterocycles. The molecule has 0 amide bonds. The monoisotopic (exact) mass is 612 g/mol. The zero-order valence-corrected chi connectivity index (χ0v) is 23.6.